The first kappa shape index (κ1) is 35.5. The van der Waals surface area contributed by atoms with Crippen LogP contribution in [0.1, 0.15) is 137 Å². The number of unbranched alkanes of at least 4 members (excludes halogenated alkanes) is 13. The second-order valence-electron chi connectivity index (χ2n) is 10.4. The molecule has 1 N–H and O–H groups in total. The van der Waals surface area contributed by atoms with Gasteiger partial charge in [0.05, 0.1) is 19.6 Å². The highest BCUT2D eigenvalue weighted by Crippen LogP contribution is 2.33. The molecule has 7 nitrogen and oxygen atoms in total. The van der Waals surface area contributed by atoms with Crippen LogP contribution in [0.25, 0.3) is 0 Å². The number of nitrogens with zero attached hydrogens (tertiary/aromatic N) is 1. The Bertz CT molecular complexity index is 570. The Kier molecular flexibility index (Phi) is 21.2. The summed E-state index contributed by atoms with van der Waals surface area (Å²) in [5.41, 5.74) is 0. The number of hydrogen-bond donors (Lipinski definition) is 1. The molecule has 0 heterocycles. The fraction of sp³-hybridized carbons (Fsp3) is 0.964. The van der Waals surface area contributed by atoms with E-state index in [2.05, 4.69) is 27.7 Å². The van der Waals surface area contributed by atoms with E-state index in [-0.39, 0.29) is 24.7 Å². The molecule has 0 aromatic carbocycles. The number of esters is 1. The van der Waals surface area contributed by atoms with Gasteiger partial charge in [0.2, 0.25) is 0 Å². The highest BCUT2D eigenvalue weighted by atomic mass is 31.2. The van der Waals surface area contributed by atoms with Crippen LogP contribution in [0.15, 0.2) is 0 Å². The lowest BCUT2D eigenvalue weighted by molar-refractivity contribution is -0.947. The summed E-state index contributed by atoms with van der Waals surface area (Å²) in [5.74, 6) is -0.315. The normalized spacial score (nSPS) is 15.4. The summed E-state index contributed by atoms with van der Waals surface area (Å²) in [6.07, 6.45) is 19.1. The van der Waals surface area contributed by atoms with Gasteiger partial charge in [0.15, 0.2) is 0 Å². The Morgan fingerprint density at radius 1 is 0.806 bits per heavy atom. The molecule has 0 aliphatic carbocycles. The van der Waals surface area contributed by atoms with E-state index < -0.39 is 7.82 Å². The van der Waals surface area contributed by atoms with E-state index in [0.717, 1.165) is 38.9 Å². The van der Waals surface area contributed by atoms with Gasteiger partial charge in [-0.2, -0.15) is 0 Å². The number of rotatable bonds is 25. The van der Waals surface area contributed by atoms with Gasteiger partial charge in [0.1, 0.15) is 18.8 Å². The highest BCUT2D eigenvalue weighted by Gasteiger charge is 2.36. The third kappa shape index (κ3) is 17.9. The zero-order valence-corrected chi connectivity index (χ0v) is 25.1. The molecule has 0 amide bonds. The lowest BCUT2D eigenvalue weighted by atomic mass is 9.99. The number of phosphoric acid groups is 1. The lowest BCUT2D eigenvalue weighted by Crippen LogP contribution is -2.58. The zero-order valence-electron chi connectivity index (χ0n) is 24.2. The van der Waals surface area contributed by atoms with Gasteiger partial charge in [-0.3, -0.25) is 9.36 Å². The van der Waals surface area contributed by atoms with Crippen molar-refractivity contribution in [2.24, 2.45) is 0 Å². The summed E-state index contributed by atoms with van der Waals surface area (Å²) >= 11 is 0. The number of carbonyl (C=O) groups excluding carboxylic acids is 1. The molecule has 8 heteroatoms. The molecule has 0 bridgehead atoms. The Morgan fingerprint density at radius 2 is 1.22 bits per heavy atom. The zero-order chi connectivity index (χ0) is 27.3. The van der Waals surface area contributed by atoms with Gasteiger partial charge in [-0.1, -0.05) is 90.4 Å². The molecule has 0 aromatic rings. The first-order chi connectivity index (χ1) is 17.1. The third-order valence-corrected chi connectivity index (χ3v) is 8.32. The molecule has 0 saturated carbocycles. The number of phosphoric ester groups is 1. The van der Waals surface area contributed by atoms with Crippen molar-refractivity contribution in [3.05, 3.63) is 0 Å². The molecule has 0 saturated heterocycles. The van der Waals surface area contributed by atoms with Gasteiger partial charge in [-0.25, -0.2) is 0 Å². The Morgan fingerprint density at radius 3 is 1.58 bits per heavy atom. The summed E-state index contributed by atoms with van der Waals surface area (Å²) < 4.78 is 22.4. The minimum Gasteiger partial charge on any atom is -0.756 e. The van der Waals surface area contributed by atoms with E-state index in [1.54, 1.807) is 0 Å². The van der Waals surface area contributed by atoms with E-state index in [4.69, 9.17) is 14.2 Å². The van der Waals surface area contributed by atoms with Gasteiger partial charge in [-0.05, 0) is 33.6 Å². The van der Waals surface area contributed by atoms with Gasteiger partial charge in [-0.15, -0.1) is 0 Å². The standard InChI is InChI=1S/C28H58NO6P/c1-6-10-11-12-13-14-15-16-17-18-19-20-21-22-23-28(35-26(5)30)24-27(25-34-36(31,32)33)29(7-2,8-3)9-4/h27-28H,6-25H2,1-5H3,(H-,31,32,33). The fourth-order valence-corrected chi connectivity index (χ4v) is 5.77. The van der Waals surface area contributed by atoms with Crippen molar-refractivity contribution >= 4 is 13.8 Å². The predicted octanol–water partition coefficient (Wildman–Crippen LogP) is 6.90. The third-order valence-electron chi connectivity index (χ3n) is 7.84. The highest BCUT2D eigenvalue weighted by molar-refractivity contribution is 7.44. The topological polar surface area (TPSA) is 95.9 Å². The SMILES string of the molecule is CCCCCCCCCCCCCCCCC(CC(COP(=O)([O-])O)[N+](CC)(CC)CC)OC(C)=O. The van der Waals surface area contributed by atoms with Crippen LogP contribution in [-0.2, 0) is 18.6 Å². The maximum atomic E-state index is 11.8. The number of hydrogen-bond acceptors (Lipinski definition) is 5. The van der Waals surface area contributed by atoms with E-state index >= 15 is 0 Å². The van der Waals surface area contributed by atoms with E-state index in [0.29, 0.717) is 10.9 Å². The number of quaternary nitrogens is 1. The van der Waals surface area contributed by atoms with Crippen LogP contribution in [0.3, 0.4) is 0 Å². The van der Waals surface area contributed by atoms with E-state index in [1.165, 1.54) is 84.0 Å². The van der Waals surface area contributed by atoms with Crippen molar-refractivity contribution in [1.82, 2.24) is 0 Å². The molecule has 0 aliphatic heterocycles. The van der Waals surface area contributed by atoms with Crippen molar-refractivity contribution in [3.8, 4) is 0 Å². The summed E-state index contributed by atoms with van der Waals surface area (Å²) in [5, 5.41) is 0. The van der Waals surface area contributed by atoms with Crippen LogP contribution < -0.4 is 4.89 Å². The molecule has 3 atom stereocenters. The Labute approximate surface area is 222 Å². The Hall–Kier alpha value is -0.460. The van der Waals surface area contributed by atoms with Gasteiger partial charge in [0.25, 0.3) is 7.82 Å². The van der Waals surface area contributed by atoms with Crippen LogP contribution in [0.4, 0.5) is 0 Å². The van der Waals surface area contributed by atoms with Crippen molar-refractivity contribution in [2.45, 2.75) is 149 Å². The second-order valence-corrected chi connectivity index (χ2v) is 11.6. The predicted molar refractivity (Wildman–Crippen MR) is 147 cm³/mol. The monoisotopic (exact) mass is 535 g/mol. The number of likely N-dealkylation sites (N-methyl/N-ethyl adjacent to an activating group) is 1. The van der Waals surface area contributed by atoms with Crippen LogP contribution in [0.2, 0.25) is 0 Å². The second kappa shape index (κ2) is 21.5. The van der Waals surface area contributed by atoms with Crippen LogP contribution in [0, 0.1) is 0 Å². The van der Waals surface area contributed by atoms with Crippen molar-refractivity contribution < 1.29 is 32.9 Å². The average molecular weight is 536 g/mol. The molecular weight excluding hydrogens is 477 g/mol. The van der Waals surface area contributed by atoms with Crippen LogP contribution in [-0.4, -0.2) is 53.7 Å². The number of ether oxygens (including phenoxy) is 1. The quantitative estimate of drug-likeness (QED) is 0.0591. The molecule has 0 aromatic heterocycles. The fourth-order valence-electron chi connectivity index (χ4n) is 5.41. The average Bonchev–Trinajstić information content (AvgIpc) is 2.82. The maximum absolute atomic E-state index is 11.8. The molecule has 36 heavy (non-hydrogen) atoms. The van der Waals surface area contributed by atoms with Crippen LogP contribution in [0.5, 0.6) is 0 Å². The molecule has 0 spiro atoms. The molecule has 0 aliphatic rings. The van der Waals surface area contributed by atoms with E-state index in [9.17, 15) is 14.3 Å². The first-order valence-electron chi connectivity index (χ1n) is 14.8. The first-order valence-corrected chi connectivity index (χ1v) is 16.3. The van der Waals surface area contributed by atoms with Gasteiger partial charge >= 0.3 is 5.97 Å². The molecule has 3 unspecified atom stereocenters. The van der Waals surface area contributed by atoms with Crippen molar-refractivity contribution in [2.75, 3.05) is 26.2 Å². The van der Waals surface area contributed by atoms with Crippen LogP contribution >= 0.6 is 7.82 Å². The summed E-state index contributed by atoms with van der Waals surface area (Å²) in [6.45, 7) is 12.2. The lowest BCUT2D eigenvalue weighted by Gasteiger charge is -2.44. The molecule has 0 fully saturated rings. The van der Waals surface area contributed by atoms with Gasteiger partial charge < -0.3 is 23.5 Å². The molecule has 216 valence electrons. The maximum Gasteiger partial charge on any atom is 0.302 e. The largest absolute Gasteiger partial charge is 0.756 e. The van der Waals surface area contributed by atoms with Crippen molar-refractivity contribution in [3.63, 3.8) is 0 Å². The summed E-state index contributed by atoms with van der Waals surface area (Å²) in [7, 11) is -4.81. The number of carbonyl (C=O) groups is 1. The van der Waals surface area contributed by atoms with Crippen molar-refractivity contribution in [1.29, 1.82) is 0 Å². The Balaban J connectivity index is 4.45. The van der Waals surface area contributed by atoms with Gasteiger partial charge in [0, 0.05) is 13.3 Å². The summed E-state index contributed by atoms with van der Waals surface area (Å²) in [6, 6.07) is -0.185. The minimum atomic E-state index is -4.81. The smallest absolute Gasteiger partial charge is 0.302 e. The molecular formula is C28H58NO6P. The summed E-state index contributed by atoms with van der Waals surface area (Å²) in [4.78, 5) is 32.2. The molecule has 0 radical (unpaired) electrons. The minimum absolute atomic E-state index is 0.108. The molecule has 0 rings (SSSR count). The van der Waals surface area contributed by atoms with E-state index in [1.807, 2.05) is 0 Å².